The molecule has 3 nitrogen and oxygen atoms in total. The van der Waals surface area contributed by atoms with Crippen LogP contribution < -0.4 is 10.1 Å². The highest BCUT2D eigenvalue weighted by Gasteiger charge is 2.37. The minimum atomic E-state index is -0.970. The molecule has 28 heavy (non-hydrogen) atoms. The van der Waals surface area contributed by atoms with E-state index in [2.05, 4.69) is 73.7 Å². The van der Waals surface area contributed by atoms with Crippen LogP contribution in [0.15, 0.2) is 5.57 Å². The number of hydrogen-bond donors (Lipinski definition) is 2. The Morgan fingerprint density at radius 1 is 0.821 bits per heavy atom. The SMILES string of the molecule is CC1=Cc2c(c(C)c(C)c3c2C(O)Oc2c(C)c(C)c(C)c(C)c2-3)NC1(C)C. The van der Waals surface area contributed by atoms with Crippen molar-refractivity contribution in [2.45, 2.75) is 74.1 Å². The fraction of sp³-hybridized carbons (Fsp3) is 0.440. The lowest BCUT2D eigenvalue weighted by Crippen LogP contribution is -2.36. The summed E-state index contributed by atoms with van der Waals surface area (Å²) in [5, 5.41) is 14.8. The van der Waals surface area contributed by atoms with Gasteiger partial charge in [0.1, 0.15) is 5.75 Å². The summed E-state index contributed by atoms with van der Waals surface area (Å²) in [6.07, 6.45) is 1.25. The normalized spacial score (nSPS) is 19.1. The number of benzene rings is 2. The van der Waals surface area contributed by atoms with E-state index in [1.165, 1.54) is 33.4 Å². The molecule has 2 heterocycles. The zero-order chi connectivity index (χ0) is 20.7. The van der Waals surface area contributed by atoms with Crippen molar-refractivity contribution in [2.75, 3.05) is 5.32 Å². The van der Waals surface area contributed by atoms with Crippen LogP contribution in [0.1, 0.15) is 71.6 Å². The number of rotatable bonds is 0. The first-order chi connectivity index (χ1) is 13.0. The van der Waals surface area contributed by atoms with Gasteiger partial charge in [-0.1, -0.05) is 6.08 Å². The Morgan fingerprint density at radius 3 is 2.04 bits per heavy atom. The molecule has 0 saturated heterocycles. The summed E-state index contributed by atoms with van der Waals surface area (Å²) in [7, 11) is 0. The quantitative estimate of drug-likeness (QED) is 0.575. The van der Waals surface area contributed by atoms with Crippen molar-refractivity contribution in [1.29, 1.82) is 0 Å². The topological polar surface area (TPSA) is 41.5 Å². The molecule has 2 aliphatic heterocycles. The number of nitrogens with one attached hydrogen (secondary N) is 1. The Balaban J connectivity index is 2.17. The molecule has 1 atom stereocenters. The van der Waals surface area contributed by atoms with Crippen molar-refractivity contribution in [2.24, 2.45) is 0 Å². The molecule has 0 amide bonds. The van der Waals surface area contributed by atoms with E-state index in [9.17, 15) is 5.11 Å². The van der Waals surface area contributed by atoms with Crippen LogP contribution >= 0.6 is 0 Å². The van der Waals surface area contributed by atoms with Crippen LogP contribution in [0.2, 0.25) is 0 Å². The van der Waals surface area contributed by atoms with Gasteiger partial charge in [-0.25, -0.2) is 0 Å². The summed E-state index contributed by atoms with van der Waals surface area (Å²) in [4.78, 5) is 0. The van der Waals surface area contributed by atoms with Crippen molar-refractivity contribution >= 4 is 11.8 Å². The first-order valence-electron chi connectivity index (χ1n) is 10.1. The molecule has 4 rings (SSSR count). The number of aliphatic hydroxyl groups excluding tert-OH is 1. The van der Waals surface area contributed by atoms with Crippen LogP contribution in [0.5, 0.6) is 5.75 Å². The average molecular weight is 378 g/mol. The van der Waals surface area contributed by atoms with Gasteiger partial charge in [0.05, 0.1) is 5.54 Å². The third-order valence-electron chi connectivity index (χ3n) is 7.28. The van der Waals surface area contributed by atoms with Crippen molar-refractivity contribution in [3.05, 3.63) is 50.1 Å². The van der Waals surface area contributed by atoms with Gasteiger partial charge in [0.15, 0.2) is 0 Å². The van der Waals surface area contributed by atoms with Crippen LogP contribution in [0.4, 0.5) is 5.69 Å². The second-order valence-electron chi connectivity index (χ2n) is 9.08. The highest BCUT2D eigenvalue weighted by atomic mass is 16.6. The molecule has 0 saturated carbocycles. The first kappa shape index (κ1) is 19.1. The molecular formula is C25H31NO2. The van der Waals surface area contributed by atoms with E-state index in [4.69, 9.17) is 4.74 Å². The zero-order valence-electron chi connectivity index (χ0n) is 18.5. The van der Waals surface area contributed by atoms with E-state index in [-0.39, 0.29) is 5.54 Å². The minimum Gasteiger partial charge on any atom is -0.460 e. The number of hydrogen-bond acceptors (Lipinski definition) is 3. The molecule has 2 aromatic rings. The maximum Gasteiger partial charge on any atom is 0.225 e. The lowest BCUT2D eigenvalue weighted by Gasteiger charge is -2.39. The van der Waals surface area contributed by atoms with Gasteiger partial charge in [0.2, 0.25) is 6.29 Å². The molecule has 2 aliphatic rings. The van der Waals surface area contributed by atoms with E-state index in [0.29, 0.717) is 0 Å². The van der Waals surface area contributed by atoms with Crippen LogP contribution in [-0.4, -0.2) is 10.6 Å². The van der Waals surface area contributed by atoms with Crippen molar-refractivity contribution in [3.8, 4) is 16.9 Å². The third-order valence-corrected chi connectivity index (χ3v) is 7.28. The van der Waals surface area contributed by atoms with Gasteiger partial charge >= 0.3 is 0 Å². The highest BCUT2D eigenvalue weighted by Crippen LogP contribution is 2.53. The zero-order valence-corrected chi connectivity index (χ0v) is 18.5. The number of anilines is 1. The molecule has 2 aromatic carbocycles. The average Bonchev–Trinajstić information content (AvgIpc) is 2.63. The van der Waals surface area contributed by atoms with Gasteiger partial charge in [0, 0.05) is 22.4 Å². The molecule has 3 heteroatoms. The van der Waals surface area contributed by atoms with Crippen LogP contribution in [-0.2, 0) is 0 Å². The highest BCUT2D eigenvalue weighted by molar-refractivity contribution is 5.92. The number of aliphatic hydroxyl groups is 1. The van der Waals surface area contributed by atoms with E-state index < -0.39 is 6.29 Å². The molecule has 148 valence electrons. The molecule has 0 aliphatic carbocycles. The molecule has 2 N–H and O–H groups in total. The van der Waals surface area contributed by atoms with Gasteiger partial charge in [-0.15, -0.1) is 0 Å². The molecule has 0 aromatic heterocycles. The van der Waals surface area contributed by atoms with Gasteiger partial charge in [-0.2, -0.15) is 0 Å². The maximum absolute atomic E-state index is 11.1. The van der Waals surface area contributed by atoms with E-state index in [1.807, 2.05) is 0 Å². The van der Waals surface area contributed by atoms with Crippen molar-refractivity contribution < 1.29 is 9.84 Å². The summed E-state index contributed by atoms with van der Waals surface area (Å²) < 4.78 is 6.15. The second kappa shape index (κ2) is 5.87. The summed E-state index contributed by atoms with van der Waals surface area (Å²) in [6.45, 7) is 19.4. The monoisotopic (exact) mass is 377 g/mol. The Bertz CT molecular complexity index is 1070. The molecule has 1 unspecified atom stereocenters. The second-order valence-corrected chi connectivity index (χ2v) is 9.08. The number of fused-ring (bicyclic) bond motifs is 5. The van der Waals surface area contributed by atoms with Gasteiger partial charge in [-0.05, 0) is 107 Å². The van der Waals surface area contributed by atoms with E-state index >= 15 is 0 Å². The largest absolute Gasteiger partial charge is 0.460 e. The third kappa shape index (κ3) is 2.32. The summed E-state index contributed by atoms with van der Waals surface area (Å²) in [6, 6.07) is 0. The first-order valence-corrected chi connectivity index (χ1v) is 10.1. The fourth-order valence-corrected chi connectivity index (χ4v) is 4.64. The van der Waals surface area contributed by atoms with E-state index in [0.717, 1.165) is 39.3 Å². The van der Waals surface area contributed by atoms with Crippen molar-refractivity contribution in [3.63, 3.8) is 0 Å². The standard InChI is InChI=1S/C25H31NO2/c1-11-10-18-21-19(15(5)16(6)22(18)26-25(11,8)9)20-14(4)12(2)13(3)17(7)23(20)28-24(21)27/h10,24,26-27H,1-9H3. The Labute approximate surface area is 168 Å². The minimum absolute atomic E-state index is 0.114. The Morgan fingerprint density at radius 2 is 1.39 bits per heavy atom. The van der Waals surface area contributed by atoms with Gasteiger partial charge < -0.3 is 15.2 Å². The lowest BCUT2D eigenvalue weighted by atomic mass is 9.78. The summed E-state index contributed by atoms with van der Waals surface area (Å²) in [5.41, 5.74) is 13.8. The van der Waals surface area contributed by atoms with Crippen LogP contribution in [0.3, 0.4) is 0 Å². The Kier molecular flexibility index (Phi) is 4.00. The molecule has 0 fully saturated rings. The van der Waals surface area contributed by atoms with Gasteiger partial charge in [0.25, 0.3) is 0 Å². The summed E-state index contributed by atoms with van der Waals surface area (Å²) >= 11 is 0. The van der Waals surface area contributed by atoms with Gasteiger partial charge in [-0.3, -0.25) is 0 Å². The number of ether oxygens (including phenoxy) is 1. The molecule has 0 spiro atoms. The molecular weight excluding hydrogens is 346 g/mol. The van der Waals surface area contributed by atoms with Crippen LogP contribution in [0, 0.1) is 41.5 Å². The molecule has 0 bridgehead atoms. The lowest BCUT2D eigenvalue weighted by molar-refractivity contribution is -0.0220. The van der Waals surface area contributed by atoms with E-state index in [1.54, 1.807) is 0 Å². The predicted molar refractivity (Wildman–Crippen MR) is 117 cm³/mol. The van der Waals surface area contributed by atoms with Crippen LogP contribution in [0.25, 0.3) is 17.2 Å². The predicted octanol–water partition coefficient (Wildman–Crippen LogP) is 6.19. The summed E-state index contributed by atoms with van der Waals surface area (Å²) in [5.74, 6) is 0.827. The van der Waals surface area contributed by atoms with Crippen molar-refractivity contribution in [1.82, 2.24) is 0 Å². The smallest absolute Gasteiger partial charge is 0.225 e. The fourth-order valence-electron chi connectivity index (χ4n) is 4.64. The maximum atomic E-state index is 11.1. The molecule has 0 radical (unpaired) electrons. The Hall–Kier alpha value is -2.26.